The van der Waals surface area contributed by atoms with E-state index in [0.29, 0.717) is 12.3 Å². The Morgan fingerprint density at radius 2 is 2.09 bits per heavy atom. The number of carbonyl (C=O) groups is 1. The van der Waals surface area contributed by atoms with E-state index >= 15 is 0 Å². The molecule has 1 saturated carbocycles. The van der Waals surface area contributed by atoms with Gasteiger partial charge in [0.1, 0.15) is 17.5 Å². The first-order valence-electron chi connectivity index (χ1n) is 7.55. The molecule has 3 atom stereocenters. The lowest BCUT2D eigenvalue weighted by molar-refractivity contribution is -0.0995. The van der Waals surface area contributed by atoms with E-state index in [1.165, 1.54) is 0 Å². The Morgan fingerprint density at radius 1 is 1.27 bits per heavy atom. The molecule has 1 aliphatic rings. The van der Waals surface area contributed by atoms with E-state index in [1.54, 1.807) is 18.3 Å². The van der Waals surface area contributed by atoms with Gasteiger partial charge in [0.05, 0.1) is 12.1 Å². The zero-order chi connectivity index (χ0) is 15.4. The Morgan fingerprint density at radius 3 is 2.77 bits per heavy atom. The molecule has 0 saturated heterocycles. The number of hydrogen-bond donors (Lipinski definition) is 2. The highest BCUT2D eigenvalue weighted by molar-refractivity contribution is 5.92. The second kappa shape index (κ2) is 6.66. The Hall–Kier alpha value is -2.27. The number of benzene rings is 1. The minimum atomic E-state index is -0.165. The normalized spacial score (nSPS) is 23.6. The fourth-order valence-corrected chi connectivity index (χ4v) is 2.63. The fourth-order valence-electron chi connectivity index (χ4n) is 2.63. The van der Waals surface area contributed by atoms with Crippen LogP contribution in [0.2, 0.25) is 0 Å². The number of hydrogen-bond acceptors (Lipinski definition) is 3. The monoisotopic (exact) mass is 300 g/mol. The second-order valence-electron chi connectivity index (χ2n) is 5.29. The third kappa shape index (κ3) is 3.14. The summed E-state index contributed by atoms with van der Waals surface area (Å²) in [6.07, 6.45) is 2.34. The van der Waals surface area contributed by atoms with Crippen molar-refractivity contribution >= 4 is 5.91 Å². The number of nitrogens with one attached hydrogen (secondary N) is 2. The third-order valence-electron chi connectivity index (χ3n) is 3.80. The number of para-hydroxylation sites is 1. The van der Waals surface area contributed by atoms with Crippen LogP contribution in [0.3, 0.4) is 0 Å². The highest BCUT2D eigenvalue weighted by atomic mass is 16.5. The van der Waals surface area contributed by atoms with Crippen molar-refractivity contribution in [2.75, 3.05) is 6.61 Å². The molecule has 1 amide bonds. The highest BCUT2D eigenvalue weighted by Crippen LogP contribution is 2.29. The lowest BCUT2D eigenvalue weighted by atomic mass is 9.85. The Labute approximate surface area is 129 Å². The van der Waals surface area contributed by atoms with Gasteiger partial charge in [0.2, 0.25) is 0 Å². The van der Waals surface area contributed by atoms with Crippen molar-refractivity contribution in [3.8, 4) is 5.75 Å². The van der Waals surface area contributed by atoms with Gasteiger partial charge in [0, 0.05) is 19.2 Å². The summed E-state index contributed by atoms with van der Waals surface area (Å²) in [6, 6.07) is 13.1. The summed E-state index contributed by atoms with van der Waals surface area (Å²) in [7, 11) is 0. The molecule has 2 aromatic rings. The van der Waals surface area contributed by atoms with Crippen LogP contribution in [0.4, 0.5) is 0 Å². The molecular formula is C17H20N2O3. The maximum absolute atomic E-state index is 12.1. The van der Waals surface area contributed by atoms with Gasteiger partial charge in [-0.1, -0.05) is 18.2 Å². The first-order valence-corrected chi connectivity index (χ1v) is 7.55. The maximum Gasteiger partial charge on any atom is 0.268 e. The molecular weight excluding hydrogens is 280 g/mol. The SMILES string of the molecule is CCO[C@@H]1C[C@H](NC(=O)c2ccc[nH]2)[C@@H]1Oc1ccccc1. The highest BCUT2D eigenvalue weighted by Gasteiger charge is 2.44. The summed E-state index contributed by atoms with van der Waals surface area (Å²) in [6.45, 7) is 2.60. The third-order valence-corrected chi connectivity index (χ3v) is 3.80. The molecule has 1 fully saturated rings. The summed E-state index contributed by atoms with van der Waals surface area (Å²) in [4.78, 5) is 15.0. The number of amides is 1. The summed E-state index contributed by atoms with van der Waals surface area (Å²) in [5.41, 5.74) is 0.554. The molecule has 3 rings (SSSR count). The number of carbonyl (C=O) groups excluding carboxylic acids is 1. The molecule has 1 aliphatic carbocycles. The van der Waals surface area contributed by atoms with Crippen molar-refractivity contribution in [2.24, 2.45) is 0 Å². The van der Waals surface area contributed by atoms with Crippen LogP contribution in [0.1, 0.15) is 23.8 Å². The summed E-state index contributed by atoms with van der Waals surface area (Å²) in [5, 5.41) is 3.00. The minimum absolute atomic E-state index is 0.0131. The Balaban J connectivity index is 1.64. The number of H-pyrrole nitrogens is 1. The van der Waals surface area contributed by atoms with Crippen LogP contribution in [0.15, 0.2) is 48.7 Å². The molecule has 0 aliphatic heterocycles. The molecule has 2 N–H and O–H groups in total. The van der Waals surface area contributed by atoms with E-state index in [0.717, 1.165) is 12.2 Å². The van der Waals surface area contributed by atoms with Gasteiger partial charge in [0.25, 0.3) is 5.91 Å². The molecule has 22 heavy (non-hydrogen) atoms. The van der Waals surface area contributed by atoms with E-state index in [2.05, 4.69) is 10.3 Å². The van der Waals surface area contributed by atoms with E-state index in [1.807, 2.05) is 37.3 Å². The minimum Gasteiger partial charge on any atom is -0.486 e. The second-order valence-corrected chi connectivity index (χ2v) is 5.29. The lowest BCUT2D eigenvalue weighted by Gasteiger charge is -2.43. The molecule has 5 nitrogen and oxygen atoms in total. The average Bonchev–Trinajstić information content (AvgIpc) is 3.07. The van der Waals surface area contributed by atoms with E-state index in [4.69, 9.17) is 9.47 Å². The van der Waals surface area contributed by atoms with Crippen molar-refractivity contribution in [3.63, 3.8) is 0 Å². The van der Waals surface area contributed by atoms with Crippen LogP contribution in [0, 0.1) is 0 Å². The van der Waals surface area contributed by atoms with Crippen LogP contribution < -0.4 is 10.1 Å². The van der Waals surface area contributed by atoms with Crippen LogP contribution >= 0.6 is 0 Å². The number of ether oxygens (including phenoxy) is 2. The van der Waals surface area contributed by atoms with Gasteiger partial charge < -0.3 is 19.8 Å². The van der Waals surface area contributed by atoms with Crippen molar-refractivity contribution in [1.82, 2.24) is 10.3 Å². The maximum atomic E-state index is 12.1. The van der Waals surface area contributed by atoms with Gasteiger partial charge in [-0.25, -0.2) is 0 Å². The van der Waals surface area contributed by atoms with Gasteiger partial charge in [-0.2, -0.15) is 0 Å². The molecule has 0 bridgehead atoms. The van der Waals surface area contributed by atoms with Crippen LogP contribution in [0.25, 0.3) is 0 Å². The van der Waals surface area contributed by atoms with Crippen LogP contribution in [0.5, 0.6) is 5.75 Å². The van der Waals surface area contributed by atoms with E-state index < -0.39 is 0 Å². The number of aromatic amines is 1. The molecule has 1 aromatic carbocycles. The summed E-state index contributed by atoms with van der Waals surface area (Å²) in [5.74, 6) is 0.669. The van der Waals surface area contributed by atoms with E-state index in [9.17, 15) is 4.79 Å². The van der Waals surface area contributed by atoms with Crippen molar-refractivity contribution in [1.29, 1.82) is 0 Å². The van der Waals surface area contributed by atoms with Gasteiger partial charge in [0.15, 0.2) is 0 Å². The molecule has 1 aromatic heterocycles. The molecule has 0 radical (unpaired) electrons. The van der Waals surface area contributed by atoms with Gasteiger partial charge in [-0.3, -0.25) is 4.79 Å². The lowest BCUT2D eigenvalue weighted by Crippen LogP contribution is -2.62. The fraction of sp³-hybridized carbons (Fsp3) is 0.353. The smallest absolute Gasteiger partial charge is 0.268 e. The van der Waals surface area contributed by atoms with E-state index in [-0.39, 0.29) is 24.2 Å². The molecule has 116 valence electrons. The first-order chi connectivity index (χ1) is 10.8. The predicted octanol–water partition coefficient (Wildman–Crippen LogP) is 2.37. The topological polar surface area (TPSA) is 63.3 Å². The summed E-state index contributed by atoms with van der Waals surface area (Å²) >= 11 is 0. The molecule has 0 spiro atoms. The largest absolute Gasteiger partial charge is 0.486 e. The summed E-state index contributed by atoms with van der Waals surface area (Å²) < 4.78 is 11.7. The van der Waals surface area contributed by atoms with Crippen molar-refractivity contribution in [2.45, 2.75) is 31.6 Å². The molecule has 0 unspecified atom stereocenters. The first kappa shape index (κ1) is 14.7. The van der Waals surface area contributed by atoms with Crippen LogP contribution in [-0.4, -0.2) is 35.7 Å². The quantitative estimate of drug-likeness (QED) is 0.861. The molecule has 1 heterocycles. The van der Waals surface area contributed by atoms with Gasteiger partial charge in [-0.05, 0) is 31.2 Å². The molecule has 5 heteroatoms. The van der Waals surface area contributed by atoms with Gasteiger partial charge >= 0.3 is 0 Å². The predicted molar refractivity (Wildman–Crippen MR) is 82.9 cm³/mol. The van der Waals surface area contributed by atoms with Crippen molar-refractivity contribution < 1.29 is 14.3 Å². The van der Waals surface area contributed by atoms with Crippen molar-refractivity contribution in [3.05, 3.63) is 54.4 Å². The zero-order valence-corrected chi connectivity index (χ0v) is 12.5. The average molecular weight is 300 g/mol. The van der Waals surface area contributed by atoms with Crippen LogP contribution in [-0.2, 0) is 4.74 Å². The Bertz CT molecular complexity index is 598. The standard InChI is InChI=1S/C17H20N2O3/c1-2-21-15-11-14(19-17(20)13-9-6-10-18-13)16(15)22-12-7-4-3-5-8-12/h3-10,14-16,18H,2,11H2,1H3,(H,19,20)/t14-,15+,16-/m0/s1. The van der Waals surface area contributed by atoms with Gasteiger partial charge in [-0.15, -0.1) is 0 Å². The zero-order valence-electron chi connectivity index (χ0n) is 12.5. The Kier molecular flexibility index (Phi) is 4.44. The number of aromatic nitrogens is 1. The number of rotatable bonds is 6.